The zero-order valence-corrected chi connectivity index (χ0v) is 13.3. The van der Waals surface area contributed by atoms with Gasteiger partial charge in [0.1, 0.15) is 5.54 Å². The molecule has 0 unspecified atom stereocenters. The summed E-state index contributed by atoms with van der Waals surface area (Å²) in [6.07, 6.45) is 6.66. The van der Waals surface area contributed by atoms with Gasteiger partial charge in [-0.1, -0.05) is 61.4 Å². The molecule has 0 spiro atoms. The fraction of sp³-hybridized carbons (Fsp3) is 0.500. The van der Waals surface area contributed by atoms with Crippen LogP contribution in [0.4, 0.5) is 0 Å². The summed E-state index contributed by atoms with van der Waals surface area (Å²) in [5.41, 5.74) is -0.558. The van der Waals surface area contributed by atoms with Gasteiger partial charge >= 0.3 is 0 Å². The van der Waals surface area contributed by atoms with E-state index < -0.39 is 5.54 Å². The van der Waals surface area contributed by atoms with E-state index in [4.69, 9.17) is 23.2 Å². The van der Waals surface area contributed by atoms with Crippen LogP contribution in [0.3, 0.4) is 0 Å². The lowest BCUT2D eigenvalue weighted by Crippen LogP contribution is -2.47. The number of nitrogens with zero attached hydrogens (tertiary/aromatic N) is 1. The molecular weight excluding hydrogens is 307 g/mol. The van der Waals surface area contributed by atoms with Gasteiger partial charge < -0.3 is 5.32 Å². The van der Waals surface area contributed by atoms with Crippen LogP contribution in [0, 0.1) is 11.3 Å². The molecule has 0 atom stereocenters. The molecular formula is C16H18Cl2N2O. The maximum Gasteiger partial charge on any atom is 0.255 e. The van der Waals surface area contributed by atoms with Gasteiger partial charge in [-0.3, -0.25) is 4.79 Å². The van der Waals surface area contributed by atoms with Gasteiger partial charge in [-0.15, -0.1) is 0 Å². The van der Waals surface area contributed by atoms with E-state index in [1.165, 1.54) is 6.42 Å². The van der Waals surface area contributed by atoms with E-state index in [1.54, 1.807) is 18.2 Å². The maximum absolute atomic E-state index is 12.5. The molecule has 0 aliphatic heterocycles. The Morgan fingerprint density at radius 1 is 1.10 bits per heavy atom. The molecule has 0 bridgehead atoms. The molecule has 1 N–H and O–H groups in total. The van der Waals surface area contributed by atoms with Crippen LogP contribution in [0.2, 0.25) is 10.0 Å². The Kier molecular flexibility index (Phi) is 5.50. The Morgan fingerprint density at radius 2 is 1.62 bits per heavy atom. The van der Waals surface area contributed by atoms with Crippen molar-refractivity contribution in [1.82, 2.24) is 5.32 Å². The minimum absolute atomic E-state index is 0.248. The topological polar surface area (TPSA) is 52.9 Å². The molecule has 112 valence electrons. The van der Waals surface area contributed by atoms with Gasteiger partial charge in [0, 0.05) is 0 Å². The zero-order chi connectivity index (χ0) is 15.3. The number of benzene rings is 1. The quantitative estimate of drug-likeness (QED) is 0.854. The average Bonchev–Trinajstić information content (AvgIpc) is 2.42. The van der Waals surface area contributed by atoms with E-state index >= 15 is 0 Å². The van der Waals surface area contributed by atoms with Crippen molar-refractivity contribution in [1.29, 1.82) is 5.26 Å². The summed E-state index contributed by atoms with van der Waals surface area (Å²) in [5, 5.41) is 13.1. The summed E-state index contributed by atoms with van der Waals surface area (Å²) in [6.45, 7) is 0. The monoisotopic (exact) mass is 324 g/mol. The lowest BCUT2D eigenvalue weighted by molar-refractivity contribution is 0.0908. The molecule has 1 aromatic rings. The fourth-order valence-corrected chi connectivity index (χ4v) is 3.34. The van der Waals surface area contributed by atoms with E-state index in [0.29, 0.717) is 22.9 Å². The number of rotatable bonds is 2. The van der Waals surface area contributed by atoms with Crippen LogP contribution in [-0.2, 0) is 0 Å². The highest BCUT2D eigenvalue weighted by Gasteiger charge is 2.33. The molecule has 5 heteroatoms. The SMILES string of the molecule is N#CC1(NC(=O)c2c(Cl)cccc2Cl)CCCCCCC1. The molecule has 1 saturated carbocycles. The van der Waals surface area contributed by atoms with Crippen molar-refractivity contribution in [2.45, 2.75) is 50.5 Å². The lowest BCUT2D eigenvalue weighted by Gasteiger charge is -2.30. The van der Waals surface area contributed by atoms with Gasteiger partial charge in [0.05, 0.1) is 21.7 Å². The van der Waals surface area contributed by atoms with Crippen molar-refractivity contribution in [3.63, 3.8) is 0 Å². The molecule has 0 saturated heterocycles. The number of amides is 1. The minimum atomic E-state index is -0.806. The van der Waals surface area contributed by atoms with E-state index in [2.05, 4.69) is 11.4 Å². The van der Waals surface area contributed by atoms with E-state index in [-0.39, 0.29) is 11.5 Å². The molecule has 1 fully saturated rings. The number of hydrogen-bond acceptors (Lipinski definition) is 2. The van der Waals surface area contributed by atoms with Crippen LogP contribution < -0.4 is 5.32 Å². The molecule has 1 aromatic carbocycles. The van der Waals surface area contributed by atoms with Crippen LogP contribution >= 0.6 is 23.2 Å². The zero-order valence-electron chi connectivity index (χ0n) is 11.8. The Labute approximate surface area is 135 Å². The standard InChI is InChI=1S/C16H18Cl2N2O/c17-12-7-6-8-13(18)14(12)15(21)20-16(11-19)9-4-2-1-3-5-10-16/h6-8H,1-5,9-10H2,(H,20,21). The first-order valence-corrected chi connectivity index (χ1v) is 8.01. The normalized spacial score (nSPS) is 18.1. The van der Waals surface area contributed by atoms with Crippen molar-refractivity contribution < 1.29 is 4.79 Å². The summed E-state index contributed by atoms with van der Waals surface area (Å²) in [5.74, 6) is -0.368. The summed E-state index contributed by atoms with van der Waals surface area (Å²) >= 11 is 12.1. The summed E-state index contributed by atoms with van der Waals surface area (Å²) in [6, 6.07) is 7.25. The number of carbonyl (C=O) groups is 1. The summed E-state index contributed by atoms with van der Waals surface area (Å²) in [7, 11) is 0. The molecule has 1 aliphatic rings. The van der Waals surface area contributed by atoms with Crippen molar-refractivity contribution in [2.24, 2.45) is 0 Å². The van der Waals surface area contributed by atoms with Crippen molar-refractivity contribution in [2.75, 3.05) is 0 Å². The van der Waals surface area contributed by atoms with Crippen LogP contribution in [0.1, 0.15) is 55.3 Å². The molecule has 1 amide bonds. The summed E-state index contributed by atoms with van der Waals surface area (Å²) in [4.78, 5) is 12.5. The molecule has 1 aliphatic carbocycles. The Bertz CT molecular complexity index is 538. The predicted octanol–water partition coefficient (Wildman–Crippen LogP) is 4.73. The number of nitriles is 1. The van der Waals surface area contributed by atoms with Gasteiger partial charge in [0.2, 0.25) is 0 Å². The summed E-state index contributed by atoms with van der Waals surface area (Å²) < 4.78 is 0. The molecule has 3 nitrogen and oxygen atoms in total. The molecule has 0 heterocycles. The third kappa shape index (κ3) is 3.90. The first-order valence-electron chi connectivity index (χ1n) is 7.26. The Hall–Kier alpha value is -1.24. The van der Waals surface area contributed by atoms with E-state index in [0.717, 1.165) is 25.7 Å². The number of hydrogen-bond donors (Lipinski definition) is 1. The van der Waals surface area contributed by atoms with Crippen LogP contribution in [0.15, 0.2) is 18.2 Å². The largest absolute Gasteiger partial charge is 0.334 e. The molecule has 0 radical (unpaired) electrons. The van der Waals surface area contributed by atoms with Gasteiger partial charge in [0.15, 0.2) is 0 Å². The van der Waals surface area contributed by atoms with Gasteiger partial charge in [-0.05, 0) is 25.0 Å². The second-order valence-electron chi connectivity index (χ2n) is 5.51. The maximum atomic E-state index is 12.5. The van der Waals surface area contributed by atoms with Crippen molar-refractivity contribution in [3.8, 4) is 6.07 Å². The lowest BCUT2D eigenvalue weighted by atomic mass is 9.85. The first-order chi connectivity index (χ1) is 10.1. The Morgan fingerprint density at radius 3 is 2.14 bits per heavy atom. The number of nitrogens with one attached hydrogen (secondary N) is 1. The van der Waals surface area contributed by atoms with E-state index in [1.807, 2.05) is 0 Å². The molecule has 21 heavy (non-hydrogen) atoms. The third-order valence-corrected chi connectivity index (χ3v) is 4.59. The minimum Gasteiger partial charge on any atom is -0.334 e. The predicted molar refractivity (Wildman–Crippen MR) is 84.6 cm³/mol. The van der Waals surface area contributed by atoms with E-state index in [9.17, 15) is 10.1 Å². The van der Waals surface area contributed by atoms with Gasteiger partial charge in [-0.25, -0.2) is 0 Å². The van der Waals surface area contributed by atoms with Gasteiger partial charge in [-0.2, -0.15) is 5.26 Å². The molecule has 2 rings (SSSR count). The second-order valence-corrected chi connectivity index (χ2v) is 6.33. The highest BCUT2D eigenvalue weighted by molar-refractivity contribution is 6.39. The highest BCUT2D eigenvalue weighted by Crippen LogP contribution is 2.29. The van der Waals surface area contributed by atoms with Crippen molar-refractivity contribution in [3.05, 3.63) is 33.8 Å². The number of carbonyl (C=O) groups excluding carboxylic acids is 1. The van der Waals surface area contributed by atoms with Gasteiger partial charge in [0.25, 0.3) is 5.91 Å². The highest BCUT2D eigenvalue weighted by atomic mass is 35.5. The number of halogens is 2. The smallest absolute Gasteiger partial charge is 0.255 e. The van der Waals surface area contributed by atoms with Crippen molar-refractivity contribution >= 4 is 29.1 Å². The van der Waals surface area contributed by atoms with Crippen LogP contribution in [0.5, 0.6) is 0 Å². The van der Waals surface area contributed by atoms with Crippen LogP contribution in [0.25, 0.3) is 0 Å². The molecule has 0 aromatic heterocycles. The Balaban J connectivity index is 2.21. The third-order valence-electron chi connectivity index (χ3n) is 3.96. The van der Waals surface area contributed by atoms with Crippen LogP contribution in [-0.4, -0.2) is 11.4 Å². The fourth-order valence-electron chi connectivity index (χ4n) is 2.77. The first kappa shape index (κ1) is 16.1. The average molecular weight is 325 g/mol. The second kappa shape index (κ2) is 7.15.